The van der Waals surface area contributed by atoms with Crippen molar-refractivity contribution in [2.45, 2.75) is 10.1 Å². The van der Waals surface area contributed by atoms with E-state index < -0.39 is 0 Å². The van der Waals surface area contributed by atoms with Gasteiger partial charge in [0, 0.05) is 15.5 Å². The number of amidine groups is 1. The van der Waals surface area contributed by atoms with Crippen molar-refractivity contribution in [2.75, 3.05) is 0 Å². The van der Waals surface area contributed by atoms with E-state index in [1.807, 2.05) is 0 Å². The molecular weight excluding hydrogens is 262 g/mol. The van der Waals surface area contributed by atoms with Gasteiger partial charge in [0.25, 0.3) is 5.22 Å². The SMILES string of the molecule is N/C(=N/O)c1ccc(Cl)cc1Sc1ncco1. The lowest BCUT2D eigenvalue weighted by Gasteiger charge is -2.06. The summed E-state index contributed by atoms with van der Waals surface area (Å²) in [5.74, 6) is 0.00993. The van der Waals surface area contributed by atoms with Crippen LogP contribution in [0.1, 0.15) is 5.56 Å². The van der Waals surface area contributed by atoms with E-state index in [-0.39, 0.29) is 5.84 Å². The van der Waals surface area contributed by atoms with Crippen LogP contribution in [0.5, 0.6) is 0 Å². The third-order valence-corrected chi connectivity index (χ3v) is 3.10. The monoisotopic (exact) mass is 269 g/mol. The number of nitrogens with two attached hydrogens (primary N) is 1. The van der Waals surface area contributed by atoms with Gasteiger partial charge in [0.15, 0.2) is 5.84 Å². The number of oxazole rings is 1. The summed E-state index contributed by atoms with van der Waals surface area (Å²) in [6, 6.07) is 5.03. The molecule has 0 unspecified atom stereocenters. The number of rotatable bonds is 3. The molecule has 1 heterocycles. The molecule has 0 spiro atoms. The predicted molar refractivity (Wildman–Crippen MR) is 64.6 cm³/mol. The molecule has 0 amide bonds. The summed E-state index contributed by atoms with van der Waals surface area (Å²) in [5, 5.41) is 12.7. The molecule has 0 radical (unpaired) electrons. The predicted octanol–water partition coefficient (Wildman–Crippen LogP) is 2.57. The van der Waals surface area contributed by atoms with E-state index in [0.717, 1.165) is 0 Å². The van der Waals surface area contributed by atoms with E-state index in [2.05, 4.69) is 10.1 Å². The quantitative estimate of drug-likeness (QED) is 0.387. The zero-order valence-electron chi connectivity index (χ0n) is 8.50. The fourth-order valence-electron chi connectivity index (χ4n) is 1.20. The van der Waals surface area contributed by atoms with Crippen molar-refractivity contribution < 1.29 is 9.62 Å². The van der Waals surface area contributed by atoms with Crippen LogP contribution in [0.2, 0.25) is 5.02 Å². The lowest BCUT2D eigenvalue weighted by Crippen LogP contribution is -2.14. The first-order chi connectivity index (χ1) is 8.20. The summed E-state index contributed by atoms with van der Waals surface area (Å²) in [5.41, 5.74) is 6.14. The largest absolute Gasteiger partial charge is 0.440 e. The number of aromatic nitrogens is 1. The molecule has 0 aliphatic carbocycles. The second-order valence-corrected chi connectivity index (χ2v) is 4.46. The molecule has 2 aromatic rings. The minimum absolute atomic E-state index is 0.00993. The third kappa shape index (κ3) is 2.72. The summed E-state index contributed by atoms with van der Waals surface area (Å²) in [6.07, 6.45) is 3.01. The van der Waals surface area contributed by atoms with Crippen molar-refractivity contribution in [2.24, 2.45) is 10.9 Å². The van der Waals surface area contributed by atoms with Gasteiger partial charge in [0.1, 0.15) is 6.26 Å². The fraction of sp³-hybridized carbons (Fsp3) is 0. The second-order valence-electron chi connectivity index (χ2n) is 3.03. The van der Waals surface area contributed by atoms with Gasteiger partial charge in [-0.3, -0.25) is 0 Å². The van der Waals surface area contributed by atoms with Crippen LogP contribution >= 0.6 is 23.4 Å². The van der Waals surface area contributed by atoms with Gasteiger partial charge in [-0.25, -0.2) is 4.98 Å². The molecule has 0 atom stereocenters. The molecule has 1 aromatic carbocycles. The van der Waals surface area contributed by atoms with Crippen LogP contribution in [-0.2, 0) is 0 Å². The number of halogens is 1. The summed E-state index contributed by atoms with van der Waals surface area (Å²) in [7, 11) is 0. The van der Waals surface area contributed by atoms with Crippen LogP contribution in [-0.4, -0.2) is 16.0 Å². The Labute approximate surface area is 106 Å². The van der Waals surface area contributed by atoms with E-state index >= 15 is 0 Å². The first-order valence-electron chi connectivity index (χ1n) is 4.55. The lowest BCUT2D eigenvalue weighted by atomic mass is 10.2. The van der Waals surface area contributed by atoms with E-state index in [4.69, 9.17) is 27.0 Å². The lowest BCUT2D eigenvalue weighted by molar-refractivity contribution is 0.318. The van der Waals surface area contributed by atoms with Gasteiger partial charge in [-0.05, 0) is 30.0 Å². The molecule has 0 saturated heterocycles. The zero-order chi connectivity index (χ0) is 12.3. The Balaban J connectivity index is 2.40. The molecule has 0 saturated carbocycles. The van der Waals surface area contributed by atoms with Crippen molar-refractivity contribution >= 4 is 29.2 Å². The summed E-state index contributed by atoms with van der Waals surface area (Å²) >= 11 is 7.14. The smallest absolute Gasteiger partial charge is 0.260 e. The van der Waals surface area contributed by atoms with Crippen LogP contribution in [0, 0.1) is 0 Å². The molecule has 0 aliphatic heterocycles. The van der Waals surface area contributed by atoms with Crippen LogP contribution in [0.15, 0.2) is 50.4 Å². The van der Waals surface area contributed by atoms with Gasteiger partial charge in [-0.15, -0.1) is 0 Å². The molecular formula is C10H8ClN3O2S. The van der Waals surface area contributed by atoms with Gasteiger partial charge in [-0.2, -0.15) is 0 Å². The fourth-order valence-corrected chi connectivity index (χ4v) is 2.31. The first kappa shape index (κ1) is 11.8. The number of hydrogen-bond donors (Lipinski definition) is 2. The van der Waals surface area contributed by atoms with Gasteiger partial charge in [-0.1, -0.05) is 16.8 Å². The highest BCUT2D eigenvalue weighted by molar-refractivity contribution is 7.99. The second kappa shape index (κ2) is 5.11. The van der Waals surface area contributed by atoms with Crippen molar-refractivity contribution in [3.8, 4) is 0 Å². The Morgan fingerprint density at radius 3 is 3.00 bits per heavy atom. The average Bonchev–Trinajstić information content (AvgIpc) is 2.81. The van der Waals surface area contributed by atoms with Crippen molar-refractivity contribution in [3.05, 3.63) is 41.2 Å². The molecule has 5 nitrogen and oxygen atoms in total. The van der Waals surface area contributed by atoms with Crippen LogP contribution < -0.4 is 5.73 Å². The highest BCUT2D eigenvalue weighted by Gasteiger charge is 2.11. The van der Waals surface area contributed by atoms with E-state index in [0.29, 0.717) is 20.7 Å². The Bertz CT molecular complexity index is 542. The van der Waals surface area contributed by atoms with Gasteiger partial charge < -0.3 is 15.4 Å². The average molecular weight is 270 g/mol. The zero-order valence-corrected chi connectivity index (χ0v) is 10.1. The summed E-state index contributed by atoms with van der Waals surface area (Å²) in [4.78, 5) is 4.68. The Morgan fingerprint density at radius 1 is 1.53 bits per heavy atom. The Morgan fingerprint density at radius 2 is 2.35 bits per heavy atom. The summed E-state index contributed by atoms with van der Waals surface area (Å²) < 4.78 is 5.11. The van der Waals surface area contributed by atoms with E-state index in [9.17, 15) is 0 Å². The standard InChI is InChI=1S/C10H8ClN3O2S/c11-6-1-2-7(9(12)14-15)8(5-6)17-10-13-3-4-16-10/h1-5,15H,(H2,12,14). The van der Waals surface area contributed by atoms with E-state index in [1.165, 1.54) is 24.2 Å². The first-order valence-corrected chi connectivity index (χ1v) is 5.75. The number of hydrogen-bond acceptors (Lipinski definition) is 5. The maximum absolute atomic E-state index is 8.69. The number of nitrogens with zero attached hydrogens (tertiary/aromatic N) is 2. The molecule has 2 rings (SSSR count). The molecule has 0 aliphatic rings. The van der Waals surface area contributed by atoms with Crippen molar-refractivity contribution in [1.82, 2.24) is 4.98 Å². The molecule has 88 valence electrons. The van der Waals surface area contributed by atoms with Gasteiger partial charge in [0.2, 0.25) is 0 Å². The van der Waals surface area contributed by atoms with Crippen molar-refractivity contribution in [3.63, 3.8) is 0 Å². The molecule has 3 N–H and O–H groups in total. The molecule has 0 fully saturated rings. The molecule has 0 bridgehead atoms. The topological polar surface area (TPSA) is 84.6 Å². The van der Waals surface area contributed by atoms with Gasteiger partial charge in [0.05, 0.1) is 6.20 Å². The highest BCUT2D eigenvalue weighted by Crippen LogP contribution is 2.31. The number of oxime groups is 1. The van der Waals surface area contributed by atoms with Crippen LogP contribution in [0.25, 0.3) is 0 Å². The third-order valence-electron chi connectivity index (χ3n) is 1.93. The molecule has 17 heavy (non-hydrogen) atoms. The van der Waals surface area contributed by atoms with Crippen molar-refractivity contribution in [1.29, 1.82) is 0 Å². The van der Waals surface area contributed by atoms with Crippen LogP contribution in [0.3, 0.4) is 0 Å². The van der Waals surface area contributed by atoms with Crippen LogP contribution in [0.4, 0.5) is 0 Å². The molecule has 7 heteroatoms. The minimum Gasteiger partial charge on any atom is -0.440 e. The Kier molecular flexibility index (Phi) is 3.55. The maximum Gasteiger partial charge on any atom is 0.260 e. The molecule has 1 aromatic heterocycles. The number of benzene rings is 1. The summed E-state index contributed by atoms with van der Waals surface area (Å²) in [6.45, 7) is 0. The highest BCUT2D eigenvalue weighted by atomic mass is 35.5. The Hall–Kier alpha value is -1.66. The van der Waals surface area contributed by atoms with Gasteiger partial charge >= 0.3 is 0 Å². The minimum atomic E-state index is 0.00993. The maximum atomic E-state index is 8.69. The van der Waals surface area contributed by atoms with E-state index in [1.54, 1.807) is 18.2 Å². The normalized spacial score (nSPS) is 11.7.